The van der Waals surface area contributed by atoms with E-state index in [1.54, 1.807) is 0 Å². The number of hydrogen-bond donors (Lipinski definition) is 3. The summed E-state index contributed by atoms with van der Waals surface area (Å²) in [4.78, 5) is 0. The third kappa shape index (κ3) is 4.43. The van der Waals surface area contributed by atoms with E-state index in [0.29, 0.717) is 25.9 Å². The lowest BCUT2D eigenvalue weighted by molar-refractivity contribution is 0.0303. The molecule has 2 rings (SSSR count). The van der Waals surface area contributed by atoms with Crippen LogP contribution < -0.4 is 10.6 Å². The molecule has 1 aromatic carbocycles. The molecule has 5 nitrogen and oxygen atoms in total. The van der Waals surface area contributed by atoms with Crippen molar-refractivity contribution in [2.24, 2.45) is 0 Å². The minimum Gasteiger partial charge on any atom is -0.388 e. The molecule has 0 bridgehead atoms. The lowest BCUT2D eigenvalue weighted by Gasteiger charge is -2.32. The summed E-state index contributed by atoms with van der Waals surface area (Å²) in [6.45, 7) is 3.11. The topological polar surface area (TPSA) is 78.4 Å². The first-order chi connectivity index (χ1) is 9.84. The maximum absolute atomic E-state index is 11.4. The Morgan fingerprint density at radius 3 is 2.57 bits per heavy atom. The van der Waals surface area contributed by atoms with Crippen LogP contribution in [0.15, 0.2) is 18.2 Å². The van der Waals surface area contributed by atoms with Gasteiger partial charge in [0.2, 0.25) is 0 Å². The van der Waals surface area contributed by atoms with Crippen molar-refractivity contribution in [3.8, 4) is 0 Å². The molecular weight excluding hydrogens is 288 g/mol. The van der Waals surface area contributed by atoms with Crippen LogP contribution in [0.3, 0.4) is 0 Å². The predicted octanol–water partition coefficient (Wildman–Crippen LogP) is 1.07. The van der Waals surface area contributed by atoms with Gasteiger partial charge in [0.25, 0.3) is 0 Å². The van der Waals surface area contributed by atoms with Crippen molar-refractivity contribution in [1.82, 2.24) is 5.32 Å². The number of hydrogen-bond acceptors (Lipinski definition) is 5. The van der Waals surface area contributed by atoms with Gasteiger partial charge in [-0.15, -0.1) is 0 Å². The second kappa shape index (κ2) is 6.34. The summed E-state index contributed by atoms with van der Waals surface area (Å²) in [6.07, 6.45) is 0.629. The highest BCUT2D eigenvalue weighted by Gasteiger charge is 2.34. The van der Waals surface area contributed by atoms with E-state index in [9.17, 15) is 13.5 Å². The summed E-state index contributed by atoms with van der Waals surface area (Å²) < 4.78 is 22.8. The van der Waals surface area contributed by atoms with Gasteiger partial charge < -0.3 is 15.7 Å². The van der Waals surface area contributed by atoms with Gasteiger partial charge in [-0.2, -0.15) is 0 Å². The largest absolute Gasteiger partial charge is 0.388 e. The highest BCUT2D eigenvalue weighted by Crippen LogP contribution is 2.23. The SMILES string of the molecule is CNc1ccc(C)cc1CNCC1(O)CCS(=O)(=O)CC1. The molecule has 1 saturated heterocycles. The maximum atomic E-state index is 11.4. The third-order valence-electron chi connectivity index (χ3n) is 4.06. The van der Waals surface area contributed by atoms with E-state index in [-0.39, 0.29) is 11.5 Å². The molecular formula is C15H24N2O3S. The molecule has 0 aromatic heterocycles. The van der Waals surface area contributed by atoms with Crippen LogP contribution >= 0.6 is 0 Å². The number of sulfone groups is 1. The molecule has 1 aliphatic rings. The standard InChI is InChI=1S/C15H24N2O3S/c1-12-3-4-14(16-2)13(9-12)10-17-11-15(18)5-7-21(19,20)8-6-15/h3-4,9,16-18H,5-8,10-11H2,1-2H3. The van der Waals surface area contributed by atoms with Crippen molar-refractivity contribution in [3.05, 3.63) is 29.3 Å². The Kier molecular flexibility index (Phi) is 4.91. The Bertz CT molecular complexity index is 585. The lowest BCUT2D eigenvalue weighted by Crippen LogP contribution is -2.46. The van der Waals surface area contributed by atoms with E-state index in [1.165, 1.54) is 5.56 Å². The zero-order chi connectivity index (χ0) is 15.5. The van der Waals surface area contributed by atoms with Crippen LogP contribution in [0, 0.1) is 6.92 Å². The molecule has 0 spiro atoms. The van der Waals surface area contributed by atoms with E-state index in [1.807, 2.05) is 20.0 Å². The normalized spacial score (nSPS) is 20.1. The van der Waals surface area contributed by atoms with Crippen LogP contribution in [0.4, 0.5) is 5.69 Å². The van der Waals surface area contributed by atoms with Gasteiger partial charge in [-0.3, -0.25) is 0 Å². The second-order valence-electron chi connectivity index (χ2n) is 5.89. The summed E-state index contributed by atoms with van der Waals surface area (Å²) in [5, 5.41) is 16.8. The van der Waals surface area contributed by atoms with Crippen LogP contribution in [0.2, 0.25) is 0 Å². The van der Waals surface area contributed by atoms with Gasteiger partial charge in [-0.25, -0.2) is 8.42 Å². The van der Waals surface area contributed by atoms with E-state index in [4.69, 9.17) is 0 Å². The summed E-state index contributed by atoms with van der Waals surface area (Å²) in [5.74, 6) is 0.161. The lowest BCUT2D eigenvalue weighted by atomic mass is 9.96. The van der Waals surface area contributed by atoms with Gasteiger partial charge in [0, 0.05) is 25.8 Å². The first kappa shape index (κ1) is 16.3. The maximum Gasteiger partial charge on any atom is 0.150 e. The Labute approximate surface area is 126 Å². The van der Waals surface area contributed by atoms with Gasteiger partial charge in [-0.1, -0.05) is 17.7 Å². The van der Waals surface area contributed by atoms with Crippen LogP contribution in [0.25, 0.3) is 0 Å². The van der Waals surface area contributed by atoms with Crippen LogP contribution in [0.1, 0.15) is 24.0 Å². The Balaban J connectivity index is 1.91. The molecule has 118 valence electrons. The minimum atomic E-state index is -2.95. The smallest absolute Gasteiger partial charge is 0.150 e. The summed E-state index contributed by atoms with van der Waals surface area (Å²) in [7, 11) is -1.06. The third-order valence-corrected chi connectivity index (χ3v) is 5.71. The van der Waals surface area contributed by atoms with Gasteiger partial charge >= 0.3 is 0 Å². The van der Waals surface area contributed by atoms with E-state index in [0.717, 1.165) is 11.3 Å². The highest BCUT2D eigenvalue weighted by atomic mass is 32.2. The van der Waals surface area contributed by atoms with Crippen LogP contribution in [-0.4, -0.2) is 44.2 Å². The Morgan fingerprint density at radius 1 is 1.29 bits per heavy atom. The first-order valence-corrected chi connectivity index (χ1v) is 9.07. The van der Waals surface area contributed by atoms with E-state index in [2.05, 4.69) is 22.8 Å². The molecule has 0 aliphatic carbocycles. The average Bonchev–Trinajstić information content (AvgIpc) is 2.43. The van der Waals surface area contributed by atoms with Crippen molar-refractivity contribution < 1.29 is 13.5 Å². The molecule has 1 fully saturated rings. The van der Waals surface area contributed by atoms with Gasteiger partial charge in [-0.05, 0) is 31.4 Å². The van der Waals surface area contributed by atoms with Gasteiger partial charge in [0.15, 0.2) is 9.84 Å². The van der Waals surface area contributed by atoms with Gasteiger partial charge in [0.1, 0.15) is 0 Å². The summed E-state index contributed by atoms with van der Waals surface area (Å²) in [5.41, 5.74) is 2.48. The number of nitrogens with one attached hydrogen (secondary N) is 2. The zero-order valence-electron chi connectivity index (χ0n) is 12.6. The highest BCUT2D eigenvalue weighted by molar-refractivity contribution is 7.91. The van der Waals surface area contributed by atoms with Gasteiger partial charge in [0.05, 0.1) is 17.1 Å². The number of aliphatic hydroxyl groups is 1. The number of anilines is 1. The molecule has 0 amide bonds. The molecule has 1 aliphatic heterocycles. The molecule has 0 saturated carbocycles. The Morgan fingerprint density at radius 2 is 1.95 bits per heavy atom. The molecule has 1 heterocycles. The monoisotopic (exact) mass is 312 g/mol. The zero-order valence-corrected chi connectivity index (χ0v) is 13.5. The quantitative estimate of drug-likeness (QED) is 0.758. The van der Waals surface area contributed by atoms with Crippen LogP contribution in [0.5, 0.6) is 0 Å². The number of rotatable bonds is 5. The summed E-state index contributed by atoms with van der Waals surface area (Å²) >= 11 is 0. The van der Waals surface area contributed by atoms with Crippen molar-refractivity contribution in [3.63, 3.8) is 0 Å². The van der Waals surface area contributed by atoms with Crippen molar-refractivity contribution in [1.29, 1.82) is 0 Å². The summed E-state index contributed by atoms with van der Waals surface area (Å²) in [6, 6.07) is 6.19. The molecule has 0 unspecified atom stereocenters. The second-order valence-corrected chi connectivity index (χ2v) is 8.19. The van der Waals surface area contributed by atoms with Crippen molar-refractivity contribution in [2.45, 2.75) is 31.9 Å². The Hall–Kier alpha value is -1.11. The molecule has 6 heteroatoms. The number of aryl methyl sites for hydroxylation is 1. The molecule has 21 heavy (non-hydrogen) atoms. The van der Waals surface area contributed by atoms with E-state index >= 15 is 0 Å². The average molecular weight is 312 g/mol. The van der Waals surface area contributed by atoms with Crippen LogP contribution in [-0.2, 0) is 16.4 Å². The molecule has 3 N–H and O–H groups in total. The van der Waals surface area contributed by atoms with Crippen molar-refractivity contribution >= 4 is 15.5 Å². The van der Waals surface area contributed by atoms with E-state index < -0.39 is 15.4 Å². The fourth-order valence-electron chi connectivity index (χ4n) is 2.64. The fourth-order valence-corrected chi connectivity index (χ4v) is 4.22. The molecule has 0 radical (unpaired) electrons. The predicted molar refractivity (Wildman–Crippen MR) is 85.3 cm³/mol. The fraction of sp³-hybridized carbons (Fsp3) is 0.600. The van der Waals surface area contributed by atoms with Crippen molar-refractivity contribution in [2.75, 3.05) is 30.4 Å². The molecule has 0 atom stereocenters. The molecule has 1 aromatic rings. The minimum absolute atomic E-state index is 0.0807. The first-order valence-electron chi connectivity index (χ1n) is 7.24. The number of benzene rings is 1.